The van der Waals surface area contributed by atoms with Crippen LogP contribution < -0.4 is 0 Å². The van der Waals surface area contributed by atoms with E-state index in [2.05, 4.69) is 53.7 Å². The highest BCUT2D eigenvalue weighted by Crippen LogP contribution is 2.71. The van der Waals surface area contributed by atoms with Crippen LogP contribution in [0.5, 0.6) is 0 Å². The Morgan fingerprint density at radius 1 is 0.968 bits per heavy atom. The van der Waals surface area contributed by atoms with Gasteiger partial charge in [0.15, 0.2) is 0 Å². The van der Waals surface area contributed by atoms with Crippen LogP contribution >= 0.6 is 0 Å². The number of unbranched alkanes of at least 4 members (excludes halogenated alkanes) is 2. The predicted octanol–water partition coefficient (Wildman–Crippen LogP) is 7.06. The summed E-state index contributed by atoms with van der Waals surface area (Å²) in [6.45, 7) is 15.2. The van der Waals surface area contributed by atoms with E-state index >= 15 is 0 Å². The van der Waals surface area contributed by atoms with Crippen LogP contribution in [-0.4, -0.2) is 22.9 Å². The molecule has 0 radical (unpaired) electrons. The third kappa shape index (κ3) is 3.33. The summed E-state index contributed by atoms with van der Waals surface area (Å²) in [4.78, 5) is 0. The van der Waals surface area contributed by atoms with Crippen LogP contribution in [0.3, 0.4) is 0 Å². The smallest absolute Gasteiger partial charge is 0.0594 e. The van der Waals surface area contributed by atoms with Crippen LogP contribution in [0.15, 0.2) is 23.3 Å². The summed E-state index contributed by atoms with van der Waals surface area (Å²) in [7, 11) is 0. The topological polar surface area (TPSA) is 40.5 Å². The average molecular weight is 429 g/mol. The van der Waals surface area contributed by atoms with E-state index in [1.807, 2.05) is 0 Å². The van der Waals surface area contributed by atoms with Gasteiger partial charge in [-0.05, 0) is 95.5 Å². The Kier molecular flexibility index (Phi) is 6.09. The summed E-state index contributed by atoms with van der Waals surface area (Å²) in [6, 6.07) is 0. The normalized spacial score (nSPS) is 44.6. The molecule has 2 heteroatoms. The summed E-state index contributed by atoms with van der Waals surface area (Å²) in [5, 5.41) is 19.9. The van der Waals surface area contributed by atoms with Gasteiger partial charge in [0.2, 0.25) is 0 Å². The van der Waals surface area contributed by atoms with E-state index in [1.54, 1.807) is 11.1 Å². The molecular formula is C29H48O2. The number of hydrogen-bond acceptors (Lipinski definition) is 2. The molecule has 2 fully saturated rings. The number of fused-ring (bicyclic) bond motifs is 5. The third-order valence-corrected chi connectivity index (χ3v) is 11.3. The minimum Gasteiger partial charge on any atom is -0.396 e. The van der Waals surface area contributed by atoms with Crippen LogP contribution in [0.1, 0.15) is 106 Å². The summed E-state index contributed by atoms with van der Waals surface area (Å²) in [5.41, 5.74) is 4.17. The SMILES string of the molecule is C[C@H](CCCCCO)[C@H]1CC[C@@]2(C)C3=CC[C@H]4C(C)(C)[C@@H](O)CC[C@]4(C)C3=CC[C@]12C. The van der Waals surface area contributed by atoms with Crippen LogP contribution in [0.2, 0.25) is 0 Å². The van der Waals surface area contributed by atoms with Crippen LogP contribution in [0, 0.1) is 39.4 Å². The Hall–Kier alpha value is -0.600. The van der Waals surface area contributed by atoms with Gasteiger partial charge in [-0.1, -0.05) is 73.0 Å². The zero-order chi connectivity index (χ0) is 22.7. The molecule has 2 nitrogen and oxygen atoms in total. The highest BCUT2D eigenvalue weighted by molar-refractivity contribution is 5.49. The molecule has 4 aliphatic rings. The number of hydrogen-bond donors (Lipinski definition) is 2. The quantitative estimate of drug-likeness (QED) is 0.444. The fraction of sp³-hybridized carbons (Fsp3) is 0.862. The van der Waals surface area contributed by atoms with Gasteiger partial charge in [-0.3, -0.25) is 0 Å². The van der Waals surface area contributed by atoms with E-state index in [0.717, 1.165) is 43.9 Å². The molecule has 7 atom stereocenters. The zero-order valence-electron chi connectivity index (χ0n) is 21.1. The van der Waals surface area contributed by atoms with Gasteiger partial charge in [-0.15, -0.1) is 0 Å². The second-order valence-corrected chi connectivity index (χ2v) is 13.0. The second kappa shape index (κ2) is 8.01. The lowest BCUT2D eigenvalue weighted by atomic mass is 9.44. The number of allylic oxidation sites excluding steroid dienone is 4. The molecule has 0 saturated heterocycles. The minimum atomic E-state index is -0.173. The molecule has 0 unspecified atom stereocenters. The van der Waals surface area contributed by atoms with Gasteiger partial charge >= 0.3 is 0 Å². The van der Waals surface area contributed by atoms with Crippen LogP contribution in [-0.2, 0) is 0 Å². The largest absolute Gasteiger partial charge is 0.396 e. The van der Waals surface area contributed by atoms with Crippen LogP contribution in [0.25, 0.3) is 0 Å². The maximum absolute atomic E-state index is 10.8. The average Bonchev–Trinajstić information content (AvgIpc) is 3.00. The summed E-state index contributed by atoms with van der Waals surface area (Å²) < 4.78 is 0. The van der Waals surface area contributed by atoms with Crippen molar-refractivity contribution in [3.63, 3.8) is 0 Å². The van der Waals surface area contributed by atoms with Crippen molar-refractivity contribution >= 4 is 0 Å². The summed E-state index contributed by atoms with van der Waals surface area (Å²) >= 11 is 0. The van der Waals surface area contributed by atoms with Gasteiger partial charge in [-0.2, -0.15) is 0 Å². The van der Waals surface area contributed by atoms with Gasteiger partial charge in [-0.25, -0.2) is 0 Å². The lowest BCUT2D eigenvalue weighted by Gasteiger charge is -2.61. The first-order valence-electron chi connectivity index (χ1n) is 13.2. The maximum Gasteiger partial charge on any atom is 0.0594 e. The molecule has 2 saturated carbocycles. The van der Waals surface area contributed by atoms with E-state index in [4.69, 9.17) is 5.11 Å². The van der Waals surface area contributed by atoms with Gasteiger partial charge < -0.3 is 10.2 Å². The van der Waals surface area contributed by atoms with E-state index in [9.17, 15) is 5.11 Å². The van der Waals surface area contributed by atoms with Crippen molar-refractivity contribution in [3.05, 3.63) is 23.3 Å². The molecule has 0 aromatic rings. The lowest BCUT2D eigenvalue weighted by Crippen LogP contribution is -2.54. The zero-order valence-corrected chi connectivity index (χ0v) is 21.1. The highest BCUT2D eigenvalue weighted by atomic mass is 16.3. The first kappa shape index (κ1) is 23.6. The molecule has 0 aliphatic heterocycles. The maximum atomic E-state index is 10.8. The molecule has 2 N–H and O–H groups in total. The third-order valence-electron chi connectivity index (χ3n) is 11.3. The van der Waals surface area contributed by atoms with Crippen molar-refractivity contribution in [2.75, 3.05) is 6.61 Å². The van der Waals surface area contributed by atoms with Gasteiger partial charge in [0.1, 0.15) is 0 Å². The molecule has 0 spiro atoms. The molecular weight excluding hydrogens is 380 g/mol. The molecule has 0 heterocycles. The second-order valence-electron chi connectivity index (χ2n) is 13.0. The molecule has 0 bridgehead atoms. The Morgan fingerprint density at radius 2 is 1.71 bits per heavy atom. The monoisotopic (exact) mass is 428 g/mol. The first-order chi connectivity index (χ1) is 14.5. The van der Waals surface area contributed by atoms with E-state index < -0.39 is 0 Å². The standard InChI is InChI=1S/C29H48O2/c1-20(10-8-7-9-19-30)21-13-17-29(6)23-11-12-24-26(2,3)25(31)15-16-27(24,4)22(23)14-18-28(21,29)5/h11,14,20-21,24-25,30-31H,7-10,12-13,15-19H2,1-6H3/t20-,21-,24+,25+,27-,28-,29+/m1/s1. The van der Waals surface area contributed by atoms with Crippen molar-refractivity contribution in [1.82, 2.24) is 0 Å². The molecule has 0 aromatic carbocycles. The van der Waals surface area contributed by atoms with E-state index in [0.29, 0.717) is 17.9 Å². The summed E-state index contributed by atoms with van der Waals surface area (Å²) in [6.07, 6.45) is 16.9. The van der Waals surface area contributed by atoms with Gasteiger partial charge in [0, 0.05) is 6.61 Å². The molecule has 0 amide bonds. The van der Waals surface area contributed by atoms with Crippen molar-refractivity contribution in [2.24, 2.45) is 39.4 Å². The fourth-order valence-electron chi connectivity index (χ4n) is 8.90. The Morgan fingerprint density at radius 3 is 2.42 bits per heavy atom. The predicted molar refractivity (Wildman–Crippen MR) is 130 cm³/mol. The lowest BCUT2D eigenvalue weighted by molar-refractivity contribution is -0.0851. The van der Waals surface area contributed by atoms with Crippen molar-refractivity contribution in [1.29, 1.82) is 0 Å². The number of aliphatic hydroxyl groups is 2. The Bertz CT molecular complexity index is 748. The van der Waals surface area contributed by atoms with E-state index in [1.165, 1.54) is 32.1 Å². The Balaban J connectivity index is 1.62. The van der Waals surface area contributed by atoms with Crippen molar-refractivity contribution in [2.45, 2.75) is 112 Å². The molecule has 4 rings (SSSR count). The van der Waals surface area contributed by atoms with Crippen LogP contribution in [0.4, 0.5) is 0 Å². The number of aliphatic hydroxyl groups excluding tert-OH is 2. The molecule has 176 valence electrons. The van der Waals surface area contributed by atoms with Gasteiger partial charge in [0.05, 0.1) is 6.10 Å². The Labute approximate surface area is 191 Å². The minimum absolute atomic E-state index is 0.0151. The highest BCUT2D eigenvalue weighted by Gasteiger charge is 2.62. The fourth-order valence-corrected chi connectivity index (χ4v) is 8.90. The first-order valence-corrected chi connectivity index (χ1v) is 13.2. The van der Waals surface area contributed by atoms with E-state index in [-0.39, 0.29) is 22.3 Å². The van der Waals surface area contributed by atoms with Crippen molar-refractivity contribution < 1.29 is 10.2 Å². The molecule has 31 heavy (non-hydrogen) atoms. The van der Waals surface area contributed by atoms with Crippen molar-refractivity contribution in [3.8, 4) is 0 Å². The molecule has 4 aliphatic carbocycles. The number of rotatable bonds is 6. The summed E-state index contributed by atoms with van der Waals surface area (Å²) in [5.74, 6) is 2.09. The van der Waals surface area contributed by atoms with Gasteiger partial charge in [0.25, 0.3) is 0 Å². The molecule has 0 aromatic heterocycles.